The molecule has 5 nitrogen and oxygen atoms in total. The van der Waals surface area contributed by atoms with E-state index in [-0.39, 0.29) is 6.04 Å². The van der Waals surface area contributed by atoms with Gasteiger partial charge in [-0.25, -0.2) is 4.79 Å². The van der Waals surface area contributed by atoms with Gasteiger partial charge in [0.2, 0.25) is 0 Å². The molecule has 1 saturated carbocycles. The third-order valence-corrected chi connectivity index (χ3v) is 3.93. The van der Waals surface area contributed by atoms with Crippen molar-refractivity contribution in [3.05, 3.63) is 35.9 Å². The van der Waals surface area contributed by atoms with Crippen LogP contribution >= 0.6 is 0 Å². The molecule has 23 heavy (non-hydrogen) atoms. The van der Waals surface area contributed by atoms with Crippen molar-refractivity contribution in [2.45, 2.75) is 57.4 Å². The summed E-state index contributed by atoms with van der Waals surface area (Å²) >= 11 is 0. The van der Waals surface area contributed by atoms with Crippen molar-refractivity contribution in [1.29, 1.82) is 0 Å². The number of hydrogen-bond donors (Lipinski definition) is 2. The average molecular weight is 320 g/mol. The third kappa shape index (κ3) is 5.84. The number of amides is 1. The van der Waals surface area contributed by atoms with Crippen molar-refractivity contribution in [2.75, 3.05) is 13.7 Å². The number of benzene rings is 1. The Labute approximate surface area is 138 Å². The fraction of sp³-hybridized carbons (Fsp3) is 0.611. The van der Waals surface area contributed by atoms with E-state index in [1.54, 1.807) is 7.11 Å². The Morgan fingerprint density at radius 2 is 1.91 bits per heavy atom. The number of ether oxygens (including phenoxy) is 2. The van der Waals surface area contributed by atoms with Crippen LogP contribution in [0.3, 0.4) is 0 Å². The first-order valence-electron chi connectivity index (χ1n) is 8.18. The largest absolute Gasteiger partial charge is 0.444 e. The van der Waals surface area contributed by atoms with Crippen LogP contribution < -0.4 is 10.6 Å². The maximum atomic E-state index is 12.1. The minimum atomic E-state index is -0.502. The van der Waals surface area contributed by atoms with Crippen molar-refractivity contribution in [3.63, 3.8) is 0 Å². The van der Waals surface area contributed by atoms with Crippen molar-refractivity contribution < 1.29 is 14.3 Å². The second-order valence-electron chi connectivity index (χ2n) is 7.04. The number of carbonyl (C=O) groups excluding carboxylic acids is 1. The SMILES string of the molecule is COC1CC(NCC(NC(=O)OC(C)(C)C)c2ccccc2)C1. The van der Waals surface area contributed by atoms with Crippen LogP contribution in [0.15, 0.2) is 30.3 Å². The van der Waals surface area contributed by atoms with Crippen LogP contribution in [0.5, 0.6) is 0 Å². The van der Waals surface area contributed by atoms with Gasteiger partial charge >= 0.3 is 6.09 Å². The standard InChI is InChI=1S/C18H28N2O3/c1-18(2,3)23-17(21)20-16(13-8-6-5-7-9-13)12-19-14-10-15(11-14)22-4/h5-9,14-16,19H,10-12H2,1-4H3,(H,20,21). The van der Waals surface area contributed by atoms with Gasteiger partial charge in [-0.3, -0.25) is 0 Å². The van der Waals surface area contributed by atoms with Crippen LogP contribution in [0.2, 0.25) is 0 Å². The first kappa shape index (κ1) is 17.8. The maximum absolute atomic E-state index is 12.1. The molecule has 0 radical (unpaired) electrons. The van der Waals surface area contributed by atoms with Crippen LogP contribution in [0.1, 0.15) is 45.2 Å². The van der Waals surface area contributed by atoms with Crippen molar-refractivity contribution >= 4 is 6.09 Å². The molecule has 1 aliphatic carbocycles. The fourth-order valence-corrected chi connectivity index (χ4v) is 2.60. The van der Waals surface area contributed by atoms with E-state index in [2.05, 4.69) is 10.6 Å². The Hall–Kier alpha value is -1.59. The molecule has 128 valence electrons. The van der Waals surface area contributed by atoms with E-state index in [0.29, 0.717) is 18.7 Å². The summed E-state index contributed by atoms with van der Waals surface area (Å²) in [6.45, 7) is 6.26. The molecule has 1 fully saturated rings. The molecule has 1 amide bonds. The number of alkyl carbamates (subject to hydrolysis) is 1. The Morgan fingerprint density at radius 3 is 2.48 bits per heavy atom. The third-order valence-electron chi connectivity index (χ3n) is 3.93. The van der Waals surface area contributed by atoms with Gasteiger partial charge in [0.15, 0.2) is 0 Å². The van der Waals surface area contributed by atoms with Gasteiger partial charge in [0.1, 0.15) is 5.60 Å². The van der Waals surface area contributed by atoms with Gasteiger partial charge in [0, 0.05) is 19.7 Å². The molecular formula is C18H28N2O3. The van der Waals surface area contributed by atoms with Crippen molar-refractivity contribution in [2.24, 2.45) is 0 Å². The van der Waals surface area contributed by atoms with E-state index in [0.717, 1.165) is 18.4 Å². The highest BCUT2D eigenvalue weighted by Crippen LogP contribution is 2.23. The predicted molar refractivity (Wildman–Crippen MR) is 90.4 cm³/mol. The highest BCUT2D eigenvalue weighted by atomic mass is 16.6. The molecular weight excluding hydrogens is 292 g/mol. The van der Waals surface area contributed by atoms with Crippen LogP contribution in [0, 0.1) is 0 Å². The average Bonchev–Trinajstić information content (AvgIpc) is 2.43. The lowest BCUT2D eigenvalue weighted by atomic mass is 9.89. The Bertz CT molecular complexity index is 493. The van der Waals surface area contributed by atoms with Crippen LogP contribution in [-0.4, -0.2) is 37.5 Å². The molecule has 0 saturated heterocycles. The molecule has 0 bridgehead atoms. The molecule has 2 N–H and O–H groups in total. The van der Waals surface area contributed by atoms with Gasteiger partial charge in [-0.1, -0.05) is 30.3 Å². The van der Waals surface area contributed by atoms with E-state index in [9.17, 15) is 4.79 Å². The summed E-state index contributed by atoms with van der Waals surface area (Å²) in [5.74, 6) is 0. The molecule has 0 aromatic heterocycles. The highest BCUT2D eigenvalue weighted by molar-refractivity contribution is 5.68. The zero-order chi connectivity index (χ0) is 16.9. The van der Waals surface area contributed by atoms with Gasteiger partial charge < -0.3 is 20.1 Å². The minimum absolute atomic E-state index is 0.118. The summed E-state index contributed by atoms with van der Waals surface area (Å²) in [4.78, 5) is 12.1. The number of carbonyl (C=O) groups is 1. The summed E-state index contributed by atoms with van der Waals surface area (Å²) in [6, 6.07) is 10.3. The molecule has 1 aromatic carbocycles. The van der Waals surface area contributed by atoms with Crippen LogP contribution in [-0.2, 0) is 9.47 Å². The van der Waals surface area contributed by atoms with Gasteiger partial charge in [0.05, 0.1) is 12.1 Å². The Balaban J connectivity index is 1.91. The summed E-state index contributed by atoms with van der Waals surface area (Å²) in [5, 5.41) is 6.46. The second kappa shape index (κ2) is 7.79. The number of nitrogens with one attached hydrogen (secondary N) is 2. The van der Waals surface area contributed by atoms with Crippen LogP contribution in [0.4, 0.5) is 4.79 Å². The van der Waals surface area contributed by atoms with Gasteiger partial charge in [-0.2, -0.15) is 0 Å². The Kier molecular flexibility index (Phi) is 6.02. The number of methoxy groups -OCH3 is 1. The first-order chi connectivity index (χ1) is 10.9. The van der Waals surface area contributed by atoms with Gasteiger partial charge in [-0.15, -0.1) is 0 Å². The van der Waals surface area contributed by atoms with Gasteiger partial charge in [-0.05, 0) is 39.2 Å². The molecule has 1 aliphatic rings. The number of hydrogen-bond acceptors (Lipinski definition) is 4. The predicted octanol–water partition coefficient (Wildman–Crippen LogP) is 3.02. The molecule has 0 spiro atoms. The molecule has 1 aromatic rings. The minimum Gasteiger partial charge on any atom is -0.444 e. The maximum Gasteiger partial charge on any atom is 0.408 e. The zero-order valence-electron chi connectivity index (χ0n) is 14.5. The van der Waals surface area contributed by atoms with E-state index in [4.69, 9.17) is 9.47 Å². The fourth-order valence-electron chi connectivity index (χ4n) is 2.60. The van der Waals surface area contributed by atoms with E-state index < -0.39 is 11.7 Å². The molecule has 5 heteroatoms. The topological polar surface area (TPSA) is 59.6 Å². The second-order valence-corrected chi connectivity index (χ2v) is 7.04. The van der Waals surface area contributed by atoms with E-state index >= 15 is 0 Å². The molecule has 2 rings (SSSR count). The van der Waals surface area contributed by atoms with Crippen molar-refractivity contribution in [1.82, 2.24) is 10.6 Å². The molecule has 1 atom stereocenters. The highest BCUT2D eigenvalue weighted by Gasteiger charge is 2.29. The quantitative estimate of drug-likeness (QED) is 0.846. The normalized spacial score (nSPS) is 22.1. The summed E-state index contributed by atoms with van der Waals surface area (Å²) < 4.78 is 10.7. The van der Waals surface area contributed by atoms with Crippen LogP contribution in [0.25, 0.3) is 0 Å². The summed E-state index contributed by atoms with van der Waals surface area (Å²) in [6.07, 6.45) is 2.01. The summed E-state index contributed by atoms with van der Waals surface area (Å²) in [5.41, 5.74) is 0.562. The van der Waals surface area contributed by atoms with Gasteiger partial charge in [0.25, 0.3) is 0 Å². The molecule has 1 unspecified atom stereocenters. The van der Waals surface area contributed by atoms with E-state index in [1.807, 2.05) is 51.1 Å². The molecule has 0 aliphatic heterocycles. The van der Waals surface area contributed by atoms with E-state index in [1.165, 1.54) is 0 Å². The first-order valence-corrected chi connectivity index (χ1v) is 8.18. The lowest BCUT2D eigenvalue weighted by Gasteiger charge is -2.36. The zero-order valence-corrected chi connectivity index (χ0v) is 14.5. The lowest BCUT2D eigenvalue weighted by molar-refractivity contribution is 0.0164. The number of rotatable bonds is 6. The smallest absolute Gasteiger partial charge is 0.408 e. The monoisotopic (exact) mass is 320 g/mol. The summed E-state index contributed by atoms with van der Waals surface area (Å²) in [7, 11) is 1.75. The molecule has 0 heterocycles. The lowest BCUT2D eigenvalue weighted by Crippen LogP contribution is -2.48. The Morgan fingerprint density at radius 1 is 1.26 bits per heavy atom. The van der Waals surface area contributed by atoms with Crippen molar-refractivity contribution in [3.8, 4) is 0 Å².